The van der Waals surface area contributed by atoms with Crippen molar-refractivity contribution in [1.82, 2.24) is 5.32 Å². The van der Waals surface area contributed by atoms with Crippen LogP contribution in [-0.4, -0.2) is 36.7 Å². The van der Waals surface area contributed by atoms with Crippen molar-refractivity contribution >= 4 is 17.5 Å². The van der Waals surface area contributed by atoms with Gasteiger partial charge in [-0.2, -0.15) is 0 Å². The zero-order valence-corrected chi connectivity index (χ0v) is 10.8. The highest BCUT2D eigenvalue weighted by Gasteiger charge is 2.27. The van der Waals surface area contributed by atoms with Gasteiger partial charge in [-0.1, -0.05) is 17.7 Å². The topological polar surface area (TPSA) is 58.6 Å². The third-order valence-electron chi connectivity index (χ3n) is 2.17. The van der Waals surface area contributed by atoms with Crippen molar-refractivity contribution in [3.05, 3.63) is 29.3 Å². The van der Waals surface area contributed by atoms with Gasteiger partial charge >= 0.3 is 0 Å². The van der Waals surface area contributed by atoms with Crippen LogP contribution >= 0.6 is 11.6 Å². The molecule has 1 amide bonds. The summed E-state index contributed by atoms with van der Waals surface area (Å²) < 4.78 is 30.5. The van der Waals surface area contributed by atoms with E-state index in [0.29, 0.717) is 10.8 Å². The quantitative estimate of drug-likeness (QED) is 0.807. The summed E-state index contributed by atoms with van der Waals surface area (Å²) in [6.07, 6.45) is -0.0615. The maximum atomic E-state index is 12.6. The minimum Gasteiger partial charge on any atom is -0.493 e. The number of hydrogen-bond acceptors (Lipinski definition) is 3. The highest BCUT2D eigenvalue weighted by Crippen LogP contribution is 2.17. The van der Waals surface area contributed by atoms with Gasteiger partial charge < -0.3 is 15.2 Å². The van der Waals surface area contributed by atoms with E-state index in [1.54, 1.807) is 24.3 Å². The second-order valence-corrected chi connectivity index (χ2v) is 4.28. The van der Waals surface area contributed by atoms with Crippen molar-refractivity contribution in [2.24, 2.45) is 0 Å². The first kappa shape index (κ1) is 15.7. The summed E-state index contributed by atoms with van der Waals surface area (Å²) in [5.41, 5.74) is 0. The van der Waals surface area contributed by atoms with Crippen LogP contribution in [0.1, 0.15) is 6.42 Å². The fraction of sp³-hybridized carbons (Fsp3) is 0.417. The molecule has 0 saturated carbocycles. The second-order valence-electron chi connectivity index (χ2n) is 3.85. The number of nitrogens with one attached hydrogen (secondary N) is 1. The predicted molar refractivity (Wildman–Crippen MR) is 66.6 cm³/mol. The number of aliphatic hydroxyl groups is 1. The Balaban J connectivity index is 2.24. The molecule has 4 nitrogen and oxygen atoms in total. The lowest BCUT2D eigenvalue weighted by molar-refractivity contribution is -0.124. The average molecular weight is 294 g/mol. The SMILES string of the molecule is O=C(CCOc1cccc(Cl)c1)NCC(F)(F)CO. The normalized spacial score (nSPS) is 11.2. The third kappa shape index (κ3) is 6.35. The summed E-state index contributed by atoms with van der Waals surface area (Å²) >= 11 is 5.74. The molecule has 0 aliphatic carbocycles. The van der Waals surface area contributed by atoms with E-state index in [0.717, 1.165) is 0 Å². The molecule has 0 spiro atoms. The minimum absolute atomic E-state index is 0.0525. The molecule has 0 unspecified atom stereocenters. The van der Waals surface area contributed by atoms with Crippen molar-refractivity contribution in [2.75, 3.05) is 19.8 Å². The molecule has 1 rings (SSSR count). The molecular weight excluding hydrogens is 280 g/mol. The molecule has 2 N–H and O–H groups in total. The molecule has 0 heterocycles. The van der Waals surface area contributed by atoms with E-state index in [-0.39, 0.29) is 13.0 Å². The number of benzene rings is 1. The Morgan fingerprint density at radius 2 is 2.21 bits per heavy atom. The average Bonchev–Trinajstić information content (AvgIpc) is 2.37. The molecule has 0 radical (unpaired) electrons. The third-order valence-corrected chi connectivity index (χ3v) is 2.40. The highest BCUT2D eigenvalue weighted by molar-refractivity contribution is 6.30. The molecule has 1 aromatic carbocycles. The zero-order valence-electron chi connectivity index (χ0n) is 10.0. The Hall–Kier alpha value is -1.40. The van der Waals surface area contributed by atoms with Crippen LogP contribution in [0.3, 0.4) is 0 Å². The molecule has 0 aliphatic heterocycles. The zero-order chi connectivity index (χ0) is 14.3. The number of amides is 1. The number of rotatable bonds is 7. The van der Waals surface area contributed by atoms with Crippen LogP contribution < -0.4 is 10.1 Å². The van der Waals surface area contributed by atoms with Gasteiger partial charge in [0.25, 0.3) is 5.92 Å². The van der Waals surface area contributed by atoms with Crippen molar-refractivity contribution in [3.63, 3.8) is 0 Å². The number of carbonyl (C=O) groups is 1. The second kappa shape index (κ2) is 7.25. The lowest BCUT2D eigenvalue weighted by Gasteiger charge is -2.14. The maximum Gasteiger partial charge on any atom is 0.287 e. The van der Waals surface area contributed by atoms with E-state index in [9.17, 15) is 13.6 Å². The molecule has 0 aromatic heterocycles. The number of alkyl halides is 2. The number of carbonyl (C=O) groups excluding carboxylic acids is 1. The van der Waals surface area contributed by atoms with Crippen LogP contribution in [0.4, 0.5) is 8.78 Å². The molecule has 0 atom stereocenters. The first-order valence-electron chi connectivity index (χ1n) is 5.57. The number of ether oxygens (including phenoxy) is 1. The fourth-order valence-electron chi connectivity index (χ4n) is 1.19. The summed E-state index contributed by atoms with van der Waals surface area (Å²) in [7, 11) is 0. The van der Waals surface area contributed by atoms with Gasteiger partial charge in [0.05, 0.1) is 19.6 Å². The van der Waals surface area contributed by atoms with Crippen LogP contribution in [0, 0.1) is 0 Å². The smallest absolute Gasteiger partial charge is 0.287 e. The van der Waals surface area contributed by atoms with Gasteiger partial charge in [-0.25, -0.2) is 8.78 Å². The predicted octanol–water partition coefficient (Wildman–Crippen LogP) is 1.85. The highest BCUT2D eigenvalue weighted by atomic mass is 35.5. The Morgan fingerprint density at radius 3 is 2.84 bits per heavy atom. The van der Waals surface area contributed by atoms with Crippen LogP contribution in [0.25, 0.3) is 0 Å². The Morgan fingerprint density at radius 1 is 1.47 bits per heavy atom. The van der Waals surface area contributed by atoms with Gasteiger partial charge in [0, 0.05) is 5.02 Å². The Kier molecular flexibility index (Phi) is 5.98. The molecule has 0 fully saturated rings. The van der Waals surface area contributed by atoms with E-state index in [2.05, 4.69) is 0 Å². The molecule has 106 valence electrons. The van der Waals surface area contributed by atoms with Crippen LogP contribution in [0.5, 0.6) is 5.75 Å². The standard InChI is InChI=1S/C12H14ClF2NO3/c13-9-2-1-3-10(6-9)19-5-4-11(18)16-7-12(14,15)8-17/h1-3,6,17H,4-5,7-8H2,(H,16,18). The number of halogens is 3. The van der Waals surface area contributed by atoms with Crippen molar-refractivity contribution in [1.29, 1.82) is 0 Å². The number of hydrogen-bond donors (Lipinski definition) is 2. The first-order valence-corrected chi connectivity index (χ1v) is 5.94. The Labute approximate surface area is 114 Å². The fourth-order valence-corrected chi connectivity index (χ4v) is 1.37. The molecule has 1 aromatic rings. The lowest BCUT2D eigenvalue weighted by atomic mass is 10.3. The largest absolute Gasteiger partial charge is 0.493 e. The monoisotopic (exact) mass is 293 g/mol. The van der Waals surface area contributed by atoms with Gasteiger partial charge in [-0.15, -0.1) is 0 Å². The molecule has 19 heavy (non-hydrogen) atoms. The molecule has 0 bridgehead atoms. The van der Waals surface area contributed by atoms with Gasteiger partial charge in [-0.05, 0) is 18.2 Å². The van der Waals surface area contributed by atoms with Gasteiger partial charge in [0.2, 0.25) is 5.91 Å². The van der Waals surface area contributed by atoms with Crippen LogP contribution in [0.2, 0.25) is 5.02 Å². The van der Waals surface area contributed by atoms with Crippen LogP contribution in [0.15, 0.2) is 24.3 Å². The molecule has 0 aliphatic rings. The van der Waals surface area contributed by atoms with Crippen LogP contribution in [-0.2, 0) is 4.79 Å². The molecule has 0 saturated heterocycles. The minimum atomic E-state index is -3.30. The Bertz CT molecular complexity index is 429. The van der Waals surface area contributed by atoms with Gasteiger partial charge in [-0.3, -0.25) is 4.79 Å². The first-order chi connectivity index (χ1) is 8.93. The summed E-state index contributed by atoms with van der Waals surface area (Å²) in [5, 5.41) is 10.8. The van der Waals surface area contributed by atoms with Gasteiger partial charge in [0.15, 0.2) is 0 Å². The summed E-state index contributed by atoms with van der Waals surface area (Å²) in [5.74, 6) is -3.38. The van der Waals surface area contributed by atoms with Gasteiger partial charge in [0.1, 0.15) is 12.4 Å². The summed E-state index contributed by atoms with van der Waals surface area (Å²) in [4.78, 5) is 11.2. The van der Waals surface area contributed by atoms with Crippen molar-refractivity contribution < 1.29 is 23.4 Å². The molecular formula is C12H14ClF2NO3. The van der Waals surface area contributed by atoms with E-state index < -0.39 is 25.0 Å². The van der Waals surface area contributed by atoms with Crippen molar-refractivity contribution in [2.45, 2.75) is 12.3 Å². The van der Waals surface area contributed by atoms with E-state index >= 15 is 0 Å². The maximum absolute atomic E-state index is 12.6. The van der Waals surface area contributed by atoms with E-state index in [4.69, 9.17) is 21.4 Å². The number of aliphatic hydroxyl groups excluding tert-OH is 1. The lowest BCUT2D eigenvalue weighted by Crippen LogP contribution is -2.39. The molecule has 7 heteroatoms. The van der Waals surface area contributed by atoms with Crippen molar-refractivity contribution in [3.8, 4) is 5.75 Å². The summed E-state index contributed by atoms with van der Waals surface area (Å²) in [6.45, 7) is -2.14. The van der Waals surface area contributed by atoms with E-state index in [1.165, 1.54) is 0 Å². The van der Waals surface area contributed by atoms with E-state index in [1.807, 2.05) is 5.32 Å². The summed E-state index contributed by atoms with van der Waals surface area (Å²) in [6, 6.07) is 6.63.